The van der Waals surface area contributed by atoms with Gasteiger partial charge in [-0.3, -0.25) is 0 Å². The van der Waals surface area contributed by atoms with Crippen molar-refractivity contribution in [1.29, 1.82) is 0 Å². The summed E-state index contributed by atoms with van der Waals surface area (Å²) in [5.41, 5.74) is 1.10. The van der Waals surface area contributed by atoms with Gasteiger partial charge in [0.2, 0.25) is 0 Å². The number of carbonyl (C=O) groups is 1. The van der Waals surface area contributed by atoms with Crippen molar-refractivity contribution in [1.82, 2.24) is 5.32 Å². The van der Waals surface area contributed by atoms with E-state index in [0.717, 1.165) is 61.2 Å². The molecule has 10 atom stereocenters. The van der Waals surface area contributed by atoms with E-state index in [-0.39, 0.29) is 12.1 Å². The van der Waals surface area contributed by atoms with Crippen LogP contribution in [0.4, 0.5) is 4.79 Å². The molecule has 0 aromatic carbocycles. The molecule has 4 heteroatoms. The Balaban J connectivity index is 1.16. The monoisotopic (exact) mass is 473 g/mol. The van der Waals surface area contributed by atoms with E-state index < -0.39 is 6.10 Å². The quantitative estimate of drug-likeness (QED) is 0.405. The summed E-state index contributed by atoms with van der Waals surface area (Å²) in [5, 5.41) is 12.8. The summed E-state index contributed by atoms with van der Waals surface area (Å²) in [6.07, 6.45) is 18.5. The fourth-order valence-electron chi connectivity index (χ4n) is 10.4. The highest BCUT2D eigenvalue weighted by Crippen LogP contribution is 2.69. The number of hydrogen-bond acceptors (Lipinski definition) is 3. The maximum Gasteiger partial charge on any atom is 0.407 e. The maximum atomic E-state index is 12.1. The third kappa shape index (κ3) is 4.33. The van der Waals surface area contributed by atoms with Gasteiger partial charge in [-0.05, 0) is 123 Å². The Labute approximate surface area is 208 Å². The fourth-order valence-corrected chi connectivity index (χ4v) is 10.4. The van der Waals surface area contributed by atoms with Crippen LogP contribution in [0.3, 0.4) is 0 Å². The van der Waals surface area contributed by atoms with Gasteiger partial charge < -0.3 is 15.2 Å². The number of aliphatic hydroxyl groups is 1. The number of alkyl carbamates (subject to hydrolysis) is 1. The standard InChI is InChI=1S/C30H51NO3/c1-4-20-19-22-24-14-13-21(9-8-18-34-28(33)31-26-11-7-12-27(26)32)29(24,2)17-15-25(22)30(3)16-6-5-10-23(20)30/h20-27,32H,4-19H2,1-3H3,(H,31,33)/t20-,21?,22?,23?,24?,25-,26?,27?,29?,30?/m0/s1. The van der Waals surface area contributed by atoms with Crippen LogP contribution in [0, 0.1) is 46.3 Å². The summed E-state index contributed by atoms with van der Waals surface area (Å²) in [4.78, 5) is 12.1. The smallest absolute Gasteiger partial charge is 0.407 e. The molecule has 5 saturated carbocycles. The molecular weight excluding hydrogens is 422 g/mol. The molecule has 0 saturated heterocycles. The molecule has 4 nitrogen and oxygen atoms in total. The first kappa shape index (κ1) is 24.9. The van der Waals surface area contributed by atoms with Crippen LogP contribution in [0.2, 0.25) is 0 Å². The lowest BCUT2D eigenvalue weighted by Gasteiger charge is -2.62. The Kier molecular flexibility index (Phi) is 7.28. The molecule has 0 radical (unpaired) electrons. The van der Waals surface area contributed by atoms with Crippen molar-refractivity contribution in [2.75, 3.05) is 6.61 Å². The van der Waals surface area contributed by atoms with Crippen LogP contribution >= 0.6 is 0 Å². The molecule has 5 aliphatic carbocycles. The van der Waals surface area contributed by atoms with E-state index >= 15 is 0 Å². The summed E-state index contributed by atoms with van der Waals surface area (Å²) < 4.78 is 5.51. The molecule has 0 aliphatic heterocycles. The van der Waals surface area contributed by atoms with Crippen molar-refractivity contribution in [2.45, 2.75) is 129 Å². The lowest BCUT2D eigenvalue weighted by Crippen LogP contribution is -2.55. The Morgan fingerprint density at radius 1 is 0.941 bits per heavy atom. The Morgan fingerprint density at radius 2 is 1.76 bits per heavy atom. The number of aliphatic hydroxyl groups excluding tert-OH is 1. The van der Waals surface area contributed by atoms with E-state index in [1.807, 2.05) is 0 Å². The van der Waals surface area contributed by atoms with Gasteiger partial charge in [0.05, 0.1) is 18.8 Å². The predicted octanol–water partition coefficient (Wildman–Crippen LogP) is 7.09. The molecule has 5 aliphatic rings. The van der Waals surface area contributed by atoms with E-state index in [2.05, 4.69) is 26.1 Å². The van der Waals surface area contributed by atoms with E-state index in [4.69, 9.17) is 4.74 Å². The highest BCUT2D eigenvalue weighted by Gasteiger charge is 2.60. The summed E-state index contributed by atoms with van der Waals surface area (Å²) in [6.45, 7) is 8.31. The molecule has 0 bridgehead atoms. The molecular formula is C30H51NO3. The molecule has 0 aromatic heterocycles. The van der Waals surface area contributed by atoms with E-state index in [0.29, 0.717) is 17.4 Å². The zero-order valence-corrected chi connectivity index (χ0v) is 22.2. The molecule has 0 spiro atoms. The molecule has 5 fully saturated rings. The van der Waals surface area contributed by atoms with Crippen LogP contribution in [0.1, 0.15) is 117 Å². The summed E-state index contributed by atoms with van der Waals surface area (Å²) in [6, 6.07) is -0.120. The van der Waals surface area contributed by atoms with Gasteiger partial charge in [0.25, 0.3) is 0 Å². The van der Waals surface area contributed by atoms with Gasteiger partial charge >= 0.3 is 6.09 Å². The summed E-state index contributed by atoms with van der Waals surface area (Å²) in [7, 11) is 0. The number of amides is 1. The average molecular weight is 474 g/mol. The Bertz CT molecular complexity index is 726. The number of hydrogen-bond donors (Lipinski definition) is 2. The molecule has 34 heavy (non-hydrogen) atoms. The van der Waals surface area contributed by atoms with Crippen LogP contribution in [-0.2, 0) is 4.74 Å². The largest absolute Gasteiger partial charge is 0.450 e. The lowest BCUT2D eigenvalue weighted by molar-refractivity contribution is -0.135. The SMILES string of the molecule is CC[C@H]1CC2C3CCC(CCCOC(=O)NC4CCCC4O)C3(C)CC[C@@H]2C2(C)CCCCC12. The predicted molar refractivity (Wildman–Crippen MR) is 136 cm³/mol. The molecule has 194 valence electrons. The number of nitrogens with one attached hydrogen (secondary N) is 1. The molecule has 1 amide bonds. The van der Waals surface area contributed by atoms with Crippen molar-refractivity contribution in [3.05, 3.63) is 0 Å². The van der Waals surface area contributed by atoms with Gasteiger partial charge in [0.15, 0.2) is 0 Å². The zero-order chi connectivity index (χ0) is 23.9. The van der Waals surface area contributed by atoms with Crippen molar-refractivity contribution in [2.24, 2.45) is 46.3 Å². The molecule has 2 N–H and O–H groups in total. The maximum absolute atomic E-state index is 12.1. The van der Waals surface area contributed by atoms with Gasteiger partial charge in [-0.1, -0.05) is 40.0 Å². The second-order valence-electron chi connectivity index (χ2n) is 13.5. The van der Waals surface area contributed by atoms with E-state index in [1.54, 1.807) is 0 Å². The third-order valence-corrected chi connectivity index (χ3v) is 12.2. The summed E-state index contributed by atoms with van der Waals surface area (Å²) >= 11 is 0. The van der Waals surface area contributed by atoms with Crippen LogP contribution in [0.25, 0.3) is 0 Å². The zero-order valence-electron chi connectivity index (χ0n) is 22.2. The minimum atomic E-state index is -0.406. The number of ether oxygens (including phenoxy) is 1. The topological polar surface area (TPSA) is 58.6 Å². The van der Waals surface area contributed by atoms with Crippen LogP contribution in [0.15, 0.2) is 0 Å². The number of fused-ring (bicyclic) bond motifs is 5. The van der Waals surface area contributed by atoms with Gasteiger partial charge in [0.1, 0.15) is 0 Å². The second-order valence-corrected chi connectivity index (χ2v) is 13.5. The first-order chi connectivity index (χ1) is 16.4. The highest BCUT2D eigenvalue weighted by molar-refractivity contribution is 5.67. The van der Waals surface area contributed by atoms with E-state index in [1.165, 1.54) is 70.6 Å². The first-order valence-corrected chi connectivity index (χ1v) is 15.0. The van der Waals surface area contributed by atoms with Gasteiger partial charge in [-0.25, -0.2) is 4.79 Å². The molecule has 5 rings (SSSR count). The normalized spacial score (nSPS) is 48.0. The van der Waals surface area contributed by atoms with Crippen LogP contribution in [0.5, 0.6) is 0 Å². The van der Waals surface area contributed by atoms with Crippen LogP contribution < -0.4 is 5.32 Å². The van der Waals surface area contributed by atoms with E-state index in [9.17, 15) is 9.90 Å². The van der Waals surface area contributed by atoms with Crippen molar-refractivity contribution >= 4 is 6.09 Å². The van der Waals surface area contributed by atoms with Crippen molar-refractivity contribution in [3.8, 4) is 0 Å². The minimum absolute atomic E-state index is 0.120. The van der Waals surface area contributed by atoms with Gasteiger partial charge in [-0.15, -0.1) is 0 Å². The fraction of sp³-hybridized carbons (Fsp3) is 0.967. The number of carbonyl (C=O) groups excluding carboxylic acids is 1. The number of rotatable bonds is 6. The highest BCUT2D eigenvalue weighted by atomic mass is 16.5. The minimum Gasteiger partial charge on any atom is -0.450 e. The molecule has 0 aromatic rings. The van der Waals surface area contributed by atoms with Gasteiger partial charge in [0, 0.05) is 0 Å². The van der Waals surface area contributed by atoms with Crippen molar-refractivity contribution < 1.29 is 14.6 Å². The molecule has 0 heterocycles. The lowest BCUT2D eigenvalue weighted by atomic mass is 9.42. The Morgan fingerprint density at radius 3 is 2.53 bits per heavy atom. The van der Waals surface area contributed by atoms with Crippen LogP contribution in [-0.4, -0.2) is 30.0 Å². The summed E-state index contributed by atoms with van der Waals surface area (Å²) in [5.74, 6) is 5.57. The molecule has 8 unspecified atom stereocenters. The van der Waals surface area contributed by atoms with Gasteiger partial charge in [-0.2, -0.15) is 0 Å². The first-order valence-electron chi connectivity index (χ1n) is 15.0. The average Bonchev–Trinajstić information content (AvgIpc) is 3.38. The Hall–Kier alpha value is -0.770. The third-order valence-electron chi connectivity index (χ3n) is 12.2. The van der Waals surface area contributed by atoms with Crippen molar-refractivity contribution in [3.63, 3.8) is 0 Å². The second kappa shape index (κ2) is 9.94.